The summed E-state index contributed by atoms with van der Waals surface area (Å²) in [6, 6.07) is 18.6. The van der Waals surface area contributed by atoms with E-state index >= 15 is 0 Å². The first-order chi connectivity index (χ1) is 26.1. The lowest BCUT2D eigenvalue weighted by Crippen LogP contribution is -2.48. The average Bonchev–Trinajstić information content (AvgIpc) is 3.99. The summed E-state index contributed by atoms with van der Waals surface area (Å²) in [6.07, 6.45) is 1.59. The summed E-state index contributed by atoms with van der Waals surface area (Å²) in [5.41, 5.74) is 9.14. The molecule has 1 N–H and O–H groups in total. The molecule has 0 radical (unpaired) electrons. The molecule has 3 aromatic carbocycles. The molecule has 1 saturated carbocycles. The fourth-order valence-corrected chi connectivity index (χ4v) is 9.10. The summed E-state index contributed by atoms with van der Waals surface area (Å²) < 4.78 is 12.6. The van der Waals surface area contributed by atoms with Gasteiger partial charge in [0.2, 0.25) is 17.7 Å². The molecule has 1 aliphatic carbocycles. The average molecular weight is 726 g/mol. The van der Waals surface area contributed by atoms with E-state index in [0.717, 1.165) is 89.5 Å². The number of aliphatic carboxylic acids is 1. The lowest BCUT2D eigenvalue weighted by Gasteiger charge is -2.32. The van der Waals surface area contributed by atoms with Crippen LogP contribution in [0.25, 0.3) is 45.1 Å². The zero-order valence-corrected chi connectivity index (χ0v) is 30.8. The molecule has 3 unspecified atom stereocenters. The zero-order chi connectivity index (χ0) is 37.2. The van der Waals surface area contributed by atoms with Gasteiger partial charge in [0.05, 0.1) is 31.1 Å². The monoisotopic (exact) mass is 725 g/mol. The minimum atomic E-state index is -0.691. The van der Waals surface area contributed by atoms with Crippen LogP contribution in [-0.4, -0.2) is 98.9 Å². The number of amides is 1. The van der Waals surface area contributed by atoms with Crippen LogP contribution in [0.15, 0.2) is 57.4 Å². The molecule has 1 amide bonds. The van der Waals surface area contributed by atoms with Crippen molar-refractivity contribution in [1.29, 1.82) is 5.26 Å². The first kappa shape index (κ1) is 34.4. The van der Waals surface area contributed by atoms with Crippen molar-refractivity contribution in [2.24, 2.45) is 11.8 Å². The highest BCUT2D eigenvalue weighted by atomic mass is 16.4. The van der Waals surface area contributed by atoms with Crippen LogP contribution in [-0.2, 0) is 29.2 Å². The van der Waals surface area contributed by atoms with Crippen LogP contribution in [0.1, 0.15) is 46.5 Å². The predicted octanol–water partition coefficient (Wildman–Crippen LogP) is 5.69. The van der Waals surface area contributed by atoms with Crippen LogP contribution in [0.3, 0.4) is 0 Å². The number of oxazole rings is 2. The third-order valence-electron chi connectivity index (χ3n) is 12.2. The van der Waals surface area contributed by atoms with Crippen molar-refractivity contribution in [3.8, 4) is 40.1 Å². The smallest absolute Gasteiger partial charge is 0.306 e. The van der Waals surface area contributed by atoms with Gasteiger partial charge in [0.25, 0.3) is 0 Å². The van der Waals surface area contributed by atoms with Crippen molar-refractivity contribution < 1.29 is 23.5 Å². The van der Waals surface area contributed by atoms with E-state index in [9.17, 15) is 20.0 Å². The van der Waals surface area contributed by atoms with Crippen molar-refractivity contribution in [1.82, 2.24) is 29.6 Å². The number of rotatable bonds is 8. The van der Waals surface area contributed by atoms with Gasteiger partial charge in [-0.15, -0.1) is 0 Å². The van der Waals surface area contributed by atoms with E-state index in [1.165, 1.54) is 0 Å². The van der Waals surface area contributed by atoms with Crippen molar-refractivity contribution in [3.63, 3.8) is 0 Å². The van der Waals surface area contributed by atoms with Gasteiger partial charge in [-0.3, -0.25) is 19.4 Å². The molecule has 3 fully saturated rings. The SMILES string of the molecule is Cc1c(-c2nc3c(o2)CN(C(=O)CN2CCN(C)CC2)C3)cccc1-c1cccc(-c2nc3cc(CN4CC5CC4CC5C(=O)O)cc(C#N)c3o2)c1C. The van der Waals surface area contributed by atoms with Crippen molar-refractivity contribution in [2.75, 3.05) is 46.3 Å². The van der Waals surface area contributed by atoms with Crippen LogP contribution < -0.4 is 0 Å². The number of carboxylic acids is 1. The second-order valence-electron chi connectivity index (χ2n) is 15.6. The van der Waals surface area contributed by atoms with E-state index in [-0.39, 0.29) is 23.8 Å². The van der Waals surface area contributed by atoms with Crippen LogP contribution in [0.5, 0.6) is 0 Å². The molecule has 5 aromatic rings. The van der Waals surface area contributed by atoms with Gasteiger partial charge in [-0.25, -0.2) is 9.97 Å². The number of carboxylic acid groups (broad SMARTS) is 1. The van der Waals surface area contributed by atoms with E-state index in [1.54, 1.807) is 0 Å². The van der Waals surface area contributed by atoms with Crippen LogP contribution in [0.2, 0.25) is 0 Å². The summed E-state index contributed by atoms with van der Waals surface area (Å²) >= 11 is 0. The normalized spacial score (nSPS) is 21.6. The van der Waals surface area contributed by atoms with E-state index in [2.05, 4.69) is 53.8 Å². The maximum absolute atomic E-state index is 13.1. The lowest BCUT2D eigenvalue weighted by atomic mass is 9.91. The number of nitriles is 1. The largest absolute Gasteiger partial charge is 0.481 e. The van der Waals surface area contributed by atoms with Gasteiger partial charge >= 0.3 is 5.97 Å². The fraction of sp³-hybridized carbons (Fsp3) is 0.405. The molecule has 5 heterocycles. The van der Waals surface area contributed by atoms with Gasteiger partial charge in [-0.1, -0.05) is 24.3 Å². The number of likely N-dealkylation sites (tertiary alicyclic amines) is 1. The second kappa shape index (κ2) is 13.5. The summed E-state index contributed by atoms with van der Waals surface area (Å²) in [6.45, 7) is 10.6. The number of carbonyl (C=O) groups is 2. The number of hydrogen-bond acceptors (Lipinski definition) is 10. The Morgan fingerprint density at radius 1 is 0.907 bits per heavy atom. The number of nitrogens with zero attached hydrogens (tertiary/aromatic N) is 7. The Hall–Kier alpha value is -5.35. The first-order valence-corrected chi connectivity index (χ1v) is 18.8. The number of fused-ring (bicyclic) bond motifs is 4. The molecule has 4 aliphatic rings. The number of carbonyl (C=O) groups excluding carboxylic acids is 1. The summed E-state index contributed by atoms with van der Waals surface area (Å²) in [4.78, 5) is 43.2. The predicted molar refractivity (Wildman–Crippen MR) is 201 cm³/mol. The Kier molecular flexibility index (Phi) is 8.60. The minimum absolute atomic E-state index is 0.108. The number of piperidine rings is 1. The van der Waals surface area contributed by atoms with Gasteiger partial charge in [-0.05, 0) is 91.7 Å². The molecule has 2 bridgehead atoms. The van der Waals surface area contributed by atoms with Gasteiger partial charge in [-0.2, -0.15) is 5.26 Å². The van der Waals surface area contributed by atoms with E-state index in [0.29, 0.717) is 61.0 Å². The topological polar surface area (TPSA) is 143 Å². The third kappa shape index (κ3) is 6.06. The van der Waals surface area contributed by atoms with Gasteiger partial charge < -0.3 is 23.7 Å². The molecule has 276 valence electrons. The number of benzene rings is 3. The Morgan fingerprint density at radius 3 is 2.22 bits per heavy atom. The van der Waals surface area contributed by atoms with Crippen LogP contribution >= 0.6 is 0 Å². The molecule has 12 nitrogen and oxygen atoms in total. The summed E-state index contributed by atoms with van der Waals surface area (Å²) in [5, 5.41) is 19.7. The van der Waals surface area contributed by atoms with E-state index < -0.39 is 5.97 Å². The fourth-order valence-electron chi connectivity index (χ4n) is 9.10. The van der Waals surface area contributed by atoms with Crippen LogP contribution in [0, 0.1) is 37.0 Å². The zero-order valence-electron chi connectivity index (χ0n) is 30.8. The number of likely N-dealkylation sites (N-methyl/N-ethyl adjacent to an activating group) is 1. The summed E-state index contributed by atoms with van der Waals surface area (Å²) in [7, 11) is 2.11. The molecule has 12 heteroatoms. The van der Waals surface area contributed by atoms with Gasteiger partial charge in [0.15, 0.2) is 5.58 Å². The second-order valence-corrected chi connectivity index (χ2v) is 15.6. The molecule has 2 aromatic heterocycles. The van der Waals surface area contributed by atoms with E-state index in [1.807, 2.05) is 41.3 Å². The molecule has 3 aliphatic heterocycles. The number of hydrogen-bond donors (Lipinski definition) is 1. The number of piperazine rings is 1. The van der Waals surface area contributed by atoms with Crippen molar-refractivity contribution >= 4 is 23.0 Å². The maximum atomic E-state index is 13.1. The van der Waals surface area contributed by atoms with Crippen molar-refractivity contribution in [2.45, 2.75) is 52.4 Å². The highest BCUT2D eigenvalue weighted by Crippen LogP contribution is 2.43. The molecule has 54 heavy (non-hydrogen) atoms. The number of aromatic nitrogens is 2. The minimum Gasteiger partial charge on any atom is -0.481 e. The first-order valence-electron chi connectivity index (χ1n) is 18.8. The molecule has 0 spiro atoms. The Labute approximate surface area is 313 Å². The highest BCUT2D eigenvalue weighted by Gasteiger charge is 2.47. The summed E-state index contributed by atoms with van der Waals surface area (Å²) in [5.74, 6) is 1.10. The molecular weight excluding hydrogens is 683 g/mol. The standard InChI is InChI=1S/C42H43N7O5/c1-24-30(6-4-8-32(24)40-45-36-21-49(22-37(36)53-40)38(50)23-47-12-10-46(3)11-13-47)31-7-5-9-33(25(31)2)41-44-35-15-26(14-27(18-43)39(35)54-41)19-48-20-28-16-29(48)17-34(28)42(51)52/h4-9,14-15,28-29,34H,10-13,16-17,19-23H2,1-3H3,(H,51,52). The molecule has 2 saturated heterocycles. The Balaban J connectivity index is 0.943. The quantitative estimate of drug-likeness (QED) is 0.211. The van der Waals surface area contributed by atoms with Crippen LogP contribution in [0.4, 0.5) is 0 Å². The Morgan fingerprint density at radius 2 is 1.59 bits per heavy atom. The van der Waals surface area contributed by atoms with Gasteiger partial charge in [0.1, 0.15) is 23.0 Å². The molecule has 3 atom stereocenters. The third-order valence-corrected chi connectivity index (χ3v) is 12.2. The highest BCUT2D eigenvalue weighted by molar-refractivity contribution is 5.85. The van der Waals surface area contributed by atoms with Gasteiger partial charge in [0, 0.05) is 56.4 Å². The molecular formula is C42H43N7O5. The van der Waals surface area contributed by atoms with E-state index in [4.69, 9.17) is 18.8 Å². The lowest BCUT2D eigenvalue weighted by molar-refractivity contribution is -0.144. The van der Waals surface area contributed by atoms with Crippen molar-refractivity contribution in [3.05, 3.63) is 82.2 Å². The Bertz CT molecular complexity index is 2320. The maximum Gasteiger partial charge on any atom is 0.306 e. The molecule has 9 rings (SSSR count).